The molecule has 0 bridgehead atoms. The summed E-state index contributed by atoms with van der Waals surface area (Å²) in [6.45, 7) is 8.15. The zero-order valence-corrected chi connectivity index (χ0v) is 15.2. The maximum absolute atomic E-state index is 12.0. The summed E-state index contributed by atoms with van der Waals surface area (Å²) in [7, 11) is 0. The van der Waals surface area contributed by atoms with Gasteiger partial charge in [-0.25, -0.2) is 0 Å². The molecule has 0 aliphatic carbocycles. The number of aromatic nitrogens is 1. The molecule has 0 aliphatic heterocycles. The lowest BCUT2D eigenvalue weighted by atomic mass is 9.86. The maximum Gasteiger partial charge on any atom is 0.253 e. The number of aryl methyl sites for hydroxylation is 1. The number of hydrogen-bond acceptors (Lipinski definition) is 3. The van der Waals surface area contributed by atoms with Crippen LogP contribution in [0.1, 0.15) is 43.6 Å². The van der Waals surface area contributed by atoms with Crippen LogP contribution in [-0.4, -0.2) is 22.1 Å². The van der Waals surface area contributed by atoms with Crippen LogP contribution in [0.5, 0.6) is 0 Å². The summed E-state index contributed by atoms with van der Waals surface area (Å²) in [4.78, 5) is 23.9. The highest BCUT2D eigenvalue weighted by Gasteiger charge is 2.15. The molecule has 2 N–H and O–H groups in total. The third-order valence-corrected chi connectivity index (χ3v) is 4.18. The Morgan fingerprint density at radius 1 is 1.20 bits per heavy atom. The smallest absolute Gasteiger partial charge is 0.253 e. The van der Waals surface area contributed by atoms with E-state index in [4.69, 9.17) is 0 Å². The number of aliphatic hydroxyl groups is 1. The summed E-state index contributed by atoms with van der Waals surface area (Å²) in [5.74, 6) is -0.307. The van der Waals surface area contributed by atoms with Gasteiger partial charge in [-0.15, -0.1) is 0 Å². The fourth-order valence-electron chi connectivity index (χ4n) is 2.53. The van der Waals surface area contributed by atoms with E-state index >= 15 is 0 Å². The Morgan fingerprint density at radius 3 is 2.44 bits per heavy atom. The van der Waals surface area contributed by atoms with Crippen LogP contribution in [0.2, 0.25) is 0 Å². The van der Waals surface area contributed by atoms with Crippen molar-refractivity contribution in [3.05, 3.63) is 69.6 Å². The highest BCUT2D eigenvalue weighted by molar-refractivity contribution is 5.75. The Bertz CT molecular complexity index is 786. The van der Waals surface area contributed by atoms with Crippen LogP contribution in [0.25, 0.3) is 0 Å². The lowest BCUT2D eigenvalue weighted by molar-refractivity contribution is -0.122. The third-order valence-electron chi connectivity index (χ3n) is 4.18. The van der Waals surface area contributed by atoms with Crippen molar-refractivity contribution in [1.29, 1.82) is 0 Å². The van der Waals surface area contributed by atoms with Gasteiger partial charge in [0.2, 0.25) is 5.91 Å². The normalized spacial score (nSPS) is 12.7. The lowest BCUT2D eigenvalue weighted by Gasteiger charge is -2.20. The van der Waals surface area contributed by atoms with Crippen molar-refractivity contribution in [3.8, 4) is 0 Å². The fourth-order valence-corrected chi connectivity index (χ4v) is 2.53. The molecule has 1 amide bonds. The highest BCUT2D eigenvalue weighted by Crippen LogP contribution is 2.23. The molecule has 0 radical (unpaired) electrons. The quantitative estimate of drug-likeness (QED) is 0.876. The second kappa shape index (κ2) is 7.66. The number of aliphatic hydroxyl groups excluding tert-OH is 1. The van der Waals surface area contributed by atoms with E-state index in [-0.39, 0.29) is 30.0 Å². The molecule has 1 aromatic carbocycles. The molecule has 2 aromatic rings. The molecule has 2 rings (SSSR count). The van der Waals surface area contributed by atoms with E-state index in [1.807, 2.05) is 24.3 Å². The summed E-state index contributed by atoms with van der Waals surface area (Å²) in [5.41, 5.74) is 2.40. The van der Waals surface area contributed by atoms with Crippen LogP contribution in [0.4, 0.5) is 0 Å². The van der Waals surface area contributed by atoms with Crippen LogP contribution in [0.15, 0.2) is 47.4 Å². The molecule has 0 aliphatic rings. The van der Waals surface area contributed by atoms with Gasteiger partial charge in [-0.2, -0.15) is 0 Å². The van der Waals surface area contributed by atoms with E-state index in [2.05, 4.69) is 26.1 Å². The molecule has 0 saturated carbocycles. The average Bonchev–Trinajstić information content (AvgIpc) is 2.56. The molecule has 0 spiro atoms. The van der Waals surface area contributed by atoms with E-state index < -0.39 is 6.10 Å². The van der Waals surface area contributed by atoms with Crippen LogP contribution in [-0.2, 0) is 16.8 Å². The van der Waals surface area contributed by atoms with Crippen molar-refractivity contribution in [2.24, 2.45) is 0 Å². The Kier molecular flexibility index (Phi) is 5.80. The van der Waals surface area contributed by atoms with Gasteiger partial charge in [-0.05, 0) is 29.5 Å². The Labute approximate surface area is 148 Å². The van der Waals surface area contributed by atoms with Gasteiger partial charge in [0, 0.05) is 18.3 Å². The summed E-state index contributed by atoms with van der Waals surface area (Å²) in [6, 6.07) is 11.2. The fraction of sp³-hybridized carbons (Fsp3) is 0.400. The van der Waals surface area contributed by atoms with Gasteiger partial charge in [-0.3, -0.25) is 9.59 Å². The van der Waals surface area contributed by atoms with Crippen molar-refractivity contribution in [2.45, 2.75) is 45.8 Å². The molecular formula is C20H26N2O3. The van der Waals surface area contributed by atoms with Gasteiger partial charge >= 0.3 is 0 Å². The molecule has 1 atom stereocenters. The number of pyridine rings is 1. The number of amides is 1. The minimum absolute atomic E-state index is 0.0543. The van der Waals surface area contributed by atoms with Crippen molar-refractivity contribution in [3.63, 3.8) is 0 Å². The Balaban J connectivity index is 1.93. The van der Waals surface area contributed by atoms with Gasteiger partial charge in [0.15, 0.2) is 0 Å². The summed E-state index contributed by atoms with van der Waals surface area (Å²) >= 11 is 0. The lowest BCUT2D eigenvalue weighted by Crippen LogP contribution is -2.34. The maximum atomic E-state index is 12.0. The first-order chi connectivity index (χ1) is 11.7. The zero-order valence-electron chi connectivity index (χ0n) is 15.2. The van der Waals surface area contributed by atoms with Gasteiger partial charge in [0.1, 0.15) is 6.54 Å². The number of rotatable bonds is 5. The van der Waals surface area contributed by atoms with Crippen molar-refractivity contribution >= 4 is 5.91 Å². The zero-order chi connectivity index (χ0) is 18.6. The van der Waals surface area contributed by atoms with E-state index in [0.29, 0.717) is 5.56 Å². The minimum Gasteiger partial charge on any atom is -0.387 e. The molecule has 1 heterocycles. The van der Waals surface area contributed by atoms with Crippen LogP contribution in [0.3, 0.4) is 0 Å². The first-order valence-electron chi connectivity index (χ1n) is 8.40. The van der Waals surface area contributed by atoms with E-state index in [9.17, 15) is 14.7 Å². The predicted molar refractivity (Wildman–Crippen MR) is 98.6 cm³/mol. The molecule has 0 saturated heterocycles. The van der Waals surface area contributed by atoms with Crippen LogP contribution < -0.4 is 10.9 Å². The Morgan fingerprint density at radius 2 is 1.84 bits per heavy atom. The molecule has 134 valence electrons. The number of nitrogens with one attached hydrogen (secondary N) is 1. The second-order valence-electron chi connectivity index (χ2n) is 7.32. The van der Waals surface area contributed by atoms with E-state index in [1.54, 1.807) is 25.3 Å². The first kappa shape index (κ1) is 18.9. The summed E-state index contributed by atoms with van der Waals surface area (Å²) < 4.78 is 1.36. The van der Waals surface area contributed by atoms with Gasteiger partial charge in [-0.1, -0.05) is 51.1 Å². The van der Waals surface area contributed by atoms with Crippen molar-refractivity contribution in [2.75, 3.05) is 6.54 Å². The monoisotopic (exact) mass is 342 g/mol. The van der Waals surface area contributed by atoms with Crippen LogP contribution >= 0.6 is 0 Å². The molecule has 5 heteroatoms. The number of nitrogens with zero attached hydrogens (tertiary/aromatic N) is 1. The second-order valence-corrected chi connectivity index (χ2v) is 7.32. The average molecular weight is 342 g/mol. The van der Waals surface area contributed by atoms with Gasteiger partial charge in [0.05, 0.1) is 6.10 Å². The van der Waals surface area contributed by atoms with E-state index in [1.165, 1.54) is 10.1 Å². The molecule has 1 unspecified atom stereocenters. The van der Waals surface area contributed by atoms with Crippen molar-refractivity contribution < 1.29 is 9.90 Å². The minimum atomic E-state index is -0.785. The number of carbonyl (C=O) groups is 1. The first-order valence-corrected chi connectivity index (χ1v) is 8.40. The standard InChI is InChI=1S/C20H26N2O3/c1-14-6-5-11-22(19(14)25)13-18(24)21-12-17(23)15-7-9-16(10-8-15)20(2,3)4/h5-11,17,23H,12-13H2,1-4H3,(H,21,24). The highest BCUT2D eigenvalue weighted by atomic mass is 16.3. The van der Waals surface area contributed by atoms with Gasteiger partial charge in [0.25, 0.3) is 5.56 Å². The summed E-state index contributed by atoms with van der Waals surface area (Å²) in [5, 5.41) is 12.9. The molecule has 5 nitrogen and oxygen atoms in total. The predicted octanol–water partition coefficient (Wildman–Crippen LogP) is 2.30. The molecule has 25 heavy (non-hydrogen) atoms. The van der Waals surface area contributed by atoms with Gasteiger partial charge < -0.3 is 15.0 Å². The SMILES string of the molecule is Cc1cccn(CC(=O)NCC(O)c2ccc(C(C)(C)C)cc2)c1=O. The molecule has 1 aromatic heterocycles. The largest absolute Gasteiger partial charge is 0.387 e. The third kappa shape index (κ3) is 5.03. The van der Waals surface area contributed by atoms with E-state index in [0.717, 1.165) is 5.56 Å². The molecule has 0 fully saturated rings. The number of hydrogen-bond donors (Lipinski definition) is 2. The number of carbonyl (C=O) groups excluding carboxylic acids is 1. The van der Waals surface area contributed by atoms with Crippen molar-refractivity contribution in [1.82, 2.24) is 9.88 Å². The number of benzene rings is 1. The summed E-state index contributed by atoms with van der Waals surface area (Å²) in [6.07, 6.45) is 0.795. The molecular weight excluding hydrogens is 316 g/mol. The van der Waals surface area contributed by atoms with Crippen LogP contribution in [0, 0.1) is 6.92 Å². The Hall–Kier alpha value is -2.40. The topological polar surface area (TPSA) is 71.3 Å².